The van der Waals surface area contributed by atoms with Gasteiger partial charge in [0.25, 0.3) is 5.91 Å². The zero-order valence-electron chi connectivity index (χ0n) is 14.6. The first-order valence-corrected chi connectivity index (χ1v) is 9.01. The number of likely N-dealkylation sites (tertiary alicyclic amines) is 1. The fourth-order valence-corrected chi connectivity index (χ4v) is 3.48. The number of anilines is 1. The number of piperidine rings is 1. The lowest BCUT2D eigenvalue weighted by atomic mass is 9.95. The second-order valence-corrected chi connectivity index (χ2v) is 7.09. The number of amides is 2. The molecule has 3 rings (SSSR count). The molecule has 2 aliphatic rings. The molecule has 0 spiro atoms. The van der Waals surface area contributed by atoms with E-state index < -0.39 is 0 Å². The average Bonchev–Trinajstić information content (AvgIpc) is 2.61. The van der Waals surface area contributed by atoms with E-state index in [0.717, 1.165) is 49.0 Å². The van der Waals surface area contributed by atoms with Crippen LogP contribution < -0.4 is 10.6 Å². The van der Waals surface area contributed by atoms with Gasteiger partial charge in [-0.15, -0.1) is 0 Å². The molecule has 5 nitrogen and oxygen atoms in total. The van der Waals surface area contributed by atoms with Crippen LogP contribution in [-0.4, -0.2) is 42.4 Å². The Kier molecular flexibility index (Phi) is 5.07. The number of carbonyl (C=O) groups is 2. The molecule has 0 bridgehead atoms. The maximum atomic E-state index is 12.9. The van der Waals surface area contributed by atoms with Crippen molar-refractivity contribution in [1.29, 1.82) is 0 Å². The van der Waals surface area contributed by atoms with Crippen molar-refractivity contribution in [2.24, 2.45) is 5.92 Å². The number of benzene rings is 1. The number of rotatable bonds is 3. The van der Waals surface area contributed by atoms with Crippen LogP contribution in [0.1, 0.15) is 49.0 Å². The SMILES string of the molecule is CC(C)C(=O)NC1CCN(C(=O)c2cccc3c2CCCN3)CC1. The molecule has 0 unspecified atom stereocenters. The molecule has 24 heavy (non-hydrogen) atoms. The van der Waals surface area contributed by atoms with E-state index in [0.29, 0.717) is 13.1 Å². The highest BCUT2D eigenvalue weighted by molar-refractivity contribution is 5.97. The van der Waals surface area contributed by atoms with Crippen LogP contribution >= 0.6 is 0 Å². The average molecular weight is 329 g/mol. The lowest BCUT2D eigenvalue weighted by molar-refractivity contribution is -0.124. The van der Waals surface area contributed by atoms with Gasteiger partial charge < -0.3 is 15.5 Å². The summed E-state index contributed by atoms with van der Waals surface area (Å²) in [6.45, 7) is 6.20. The summed E-state index contributed by atoms with van der Waals surface area (Å²) in [5.74, 6) is 0.236. The summed E-state index contributed by atoms with van der Waals surface area (Å²) in [5, 5.41) is 6.46. The van der Waals surface area contributed by atoms with Gasteiger partial charge in [-0.2, -0.15) is 0 Å². The number of nitrogens with one attached hydrogen (secondary N) is 2. The van der Waals surface area contributed by atoms with Crippen molar-refractivity contribution in [2.75, 3.05) is 25.0 Å². The molecule has 2 aliphatic heterocycles. The molecule has 5 heteroatoms. The van der Waals surface area contributed by atoms with Gasteiger partial charge in [0.1, 0.15) is 0 Å². The molecule has 0 atom stereocenters. The first-order valence-electron chi connectivity index (χ1n) is 9.01. The number of carbonyl (C=O) groups excluding carboxylic acids is 2. The Hall–Kier alpha value is -2.04. The van der Waals surface area contributed by atoms with E-state index in [1.165, 1.54) is 0 Å². The maximum Gasteiger partial charge on any atom is 0.254 e. The molecule has 1 aromatic rings. The second-order valence-electron chi connectivity index (χ2n) is 7.09. The standard InChI is InChI=1S/C19H27N3O2/c1-13(2)18(23)21-14-8-11-22(12-9-14)19(24)16-5-3-7-17-15(16)6-4-10-20-17/h3,5,7,13-14,20H,4,6,8-12H2,1-2H3,(H,21,23). The van der Waals surface area contributed by atoms with Crippen molar-refractivity contribution < 1.29 is 9.59 Å². The molecule has 1 saturated heterocycles. The molecule has 0 radical (unpaired) electrons. The Bertz CT molecular complexity index is 619. The molecule has 0 aromatic heterocycles. The quantitative estimate of drug-likeness (QED) is 0.895. The first-order chi connectivity index (χ1) is 11.6. The van der Waals surface area contributed by atoms with Gasteiger partial charge in [0.05, 0.1) is 0 Å². The third-order valence-corrected chi connectivity index (χ3v) is 4.98. The van der Waals surface area contributed by atoms with Gasteiger partial charge in [0.15, 0.2) is 0 Å². The van der Waals surface area contributed by atoms with Gasteiger partial charge in [-0.05, 0) is 43.4 Å². The monoisotopic (exact) mass is 329 g/mol. The van der Waals surface area contributed by atoms with Crippen LogP contribution in [0.5, 0.6) is 0 Å². The van der Waals surface area contributed by atoms with E-state index in [4.69, 9.17) is 0 Å². The van der Waals surface area contributed by atoms with Crippen LogP contribution in [0, 0.1) is 5.92 Å². The summed E-state index contributed by atoms with van der Waals surface area (Å²) in [7, 11) is 0. The van der Waals surface area contributed by atoms with Gasteiger partial charge in [-0.1, -0.05) is 19.9 Å². The first kappa shape index (κ1) is 16.8. The molecule has 1 fully saturated rings. The summed E-state index contributed by atoms with van der Waals surface area (Å²) in [5.41, 5.74) is 3.10. The Labute approximate surface area is 143 Å². The third kappa shape index (κ3) is 3.55. The summed E-state index contributed by atoms with van der Waals surface area (Å²) >= 11 is 0. The summed E-state index contributed by atoms with van der Waals surface area (Å²) in [6, 6.07) is 6.15. The number of nitrogens with zero attached hydrogens (tertiary/aromatic N) is 1. The fraction of sp³-hybridized carbons (Fsp3) is 0.579. The normalized spacial score (nSPS) is 18.0. The van der Waals surface area contributed by atoms with Crippen molar-refractivity contribution in [3.05, 3.63) is 29.3 Å². The van der Waals surface area contributed by atoms with Crippen molar-refractivity contribution in [3.8, 4) is 0 Å². The second kappa shape index (κ2) is 7.24. The Morgan fingerprint density at radius 1 is 1.25 bits per heavy atom. The minimum absolute atomic E-state index is 0.00741. The summed E-state index contributed by atoms with van der Waals surface area (Å²) < 4.78 is 0. The summed E-state index contributed by atoms with van der Waals surface area (Å²) in [6.07, 6.45) is 3.70. The zero-order valence-corrected chi connectivity index (χ0v) is 14.6. The fourth-order valence-electron chi connectivity index (χ4n) is 3.48. The Morgan fingerprint density at radius 2 is 2.00 bits per heavy atom. The smallest absolute Gasteiger partial charge is 0.254 e. The van der Waals surface area contributed by atoms with E-state index in [-0.39, 0.29) is 23.8 Å². The summed E-state index contributed by atoms with van der Waals surface area (Å²) in [4.78, 5) is 26.7. The van der Waals surface area contributed by atoms with Crippen LogP contribution in [0.25, 0.3) is 0 Å². The number of hydrogen-bond donors (Lipinski definition) is 2. The highest BCUT2D eigenvalue weighted by Gasteiger charge is 2.27. The number of hydrogen-bond acceptors (Lipinski definition) is 3. The predicted octanol–water partition coefficient (Wildman–Crippen LogP) is 2.42. The van der Waals surface area contributed by atoms with Crippen molar-refractivity contribution in [2.45, 2.75) is 45.6 Å². The van der Waals surface area contributed by atoms with E-state index in [9.17, 15) is 9.59 Å². The molecule has 1 aromatic carbocycles. The van der Waals surface area contributed by atoms with Gasteiger partial charge in [-0.3, -0.25) is 9.59 Å². The van der Waals surface area contributed by atoms with Crippen molar-refractivity contribution >= 4 is 17.5 Å². The zero-order chi connectivity index (χ0) is 17.1. The largest absolute Gasteiger partial charge is 0.385 e. The van der Waals surface area contributed by atoms with Crippen molar-refractivity contribution in [3.63, 3.8) is 0 Å². The lowest BCUT2D eigenvalue weighted by Gasteiger charge is -2.33. The van der Waals surface area contributed by atoms with E-state index in [1.54, 1.807) is 0 Å². The van der Waals surface area contributed by atoms with Gasteiger partial charge in [0.2, 0.25) is 5.91 Å². The van der Waals surface area contributed by atoms with Crippen LogP contribution in [0.15, 0.2) is 18.2 Å². The third-order valence-electron chi connectivity index (χ3n) is 4.98. The maximum absolute atomic E-state index is 12.9. The van der Waals surface area contributed by atoms with Crippen LogP contribution in [-0.2, 0) is 11.2 Å². The van der Waals surface area contributed by atoms with Gasteiger partial charge in [0, 0.05) is 42.8 Å². The topological polar surface area (TPSA) is 61.4 Å². The molecule has 2 heterocycles. The van der Waals surface area contributed by atoms with Crippen LogP contribution in [0.2, 0.25) is 0 Å². The van der Waals surface area contributed by atoms with Crippen LogP contribution in [0.4, 0.5) is 5.69 Å². The van der Waals surface area contributed by atoms with Crippen molar-refractivity contribution in [1.82, 2.24) is 10.2 Å². The molecule has 130 valence electrons. The Balaban J connectivity index is 1.63. The predicted molar refractivity (Wildman–Crippen MR) is 95.2 cm³/mol. The van der Waals surface area contributed by atoms with E-state index >= 15 is 0 Å². The molecule has 0 saturated carbocycles. The van der Waals surface area contributed by atoms with Gasteiger partial charge in [-0.25, -0.2) is 0 Å². The molecular formula is C19H27N3O2. The Morgan fingerprint density at radius 3 is 2.71 bits per heavy atom. The molecule has 2 N–H and O–H groups in total. The highest BCUT2D eigenvalue weighted by atomic mass is 16.2. The van der Waals surface area contributed by atoms with Crippen LogP contribution in [0.3, 0.4) is 0 Å². The molecule has 0 aliphatic carbocycles. The van der Waals surface area contributed by atoms with Gasteiger partial charge >= 0.3 is 0 Å². The minimum Gasteiger partial charge on any atom is -0.385 e. The highest BCUT2D eigenvalue weighted by Crippen LogP contribution is 2.27. The lowest BCUT2D eigenvalue weighted by Crippen LogP contribution is -2.47. The van der Waals surface area contributed by atoms with E-state index in [2.05, 4.69) is 16.7 Å². The molecular weight excluding hydrogens is 302 g/mol. The number of fused-ring (bicyclic) bond motifs is 1. The minimum atomic E-state index is 0.00741. The van der Waals surface area contributed by atoms with E-state index in [1.807, 2.05) is 30.9 Å². The molecule has 2 amide bonds.